The summed E-state index contributed by atoms with van der Waals surface area (Å²) < 4.78 is 0. The predicted molar refractivity (Wildman–Crippen MR) is 87.2 cm³/mol. The summed E-state index contributed by atoms with van der Waals surface area (Å²) in [4.78, 5) is 0. The van der Waals surface area contributed by atoms with Gasteiger partial charge in [0.1, 0.15) is 11.5 Å². The van der Waals surface area contributed by atoms with Crippen molar-refractivity contribution in [2.75, 3.05) is 0 Å². The zero-order valence-electron chi connectivity index (χ0n) is 13.3. The summed E-state index contributed by atoms with van der Waals surface area (Å²) in [6.07, 6.45) is 2.33. The molecule has 0 saturated heterocycles. The van der Waals surface area contributed by atoms with Crippen LogP contribution in [-0.2, 0) is 19.3 Å². The van der Waals surface area contributed by atoms with Gasteiger partial charge >= 0.3 is 0 Å². The molecule has 0 spiro atoms. The van der Waals surface area contributed by atoms with E-state index in [9.17, 15) is 10.2 Å². The molecule has 0 saturated carbocycles. The molecule has 2 N–H and O–H groups in total. The summed E-state index contributed by atoms with van der Waals surface area (Å²) in [6.45, 7) is 8.20. The topological polar surface area (TPSA) is 40.5 Å². The van der Waals surface area contributed by atoms with E-state index in [0.29, 0.717) is 17.9 Å². The first-order chi connectivity index (χ1) is 9.97. The van der Waals surface area contributed by atoms with Crippen LogP contribution in [-0.4, -0.2) is 10.2 Å². The van der Waals surface area contributed by atoms with Crippen LogP contribution in [0.1, 0.15) is 47.2 Å². The second kappa shape index (κ2) is 6.21. The average molecular weight is 284 g/mol. The lowest BCUT2D eigenvalue weighted by Gasteiger charge is -2.15. The SMILES string of the molecule is CCc1cc(C)cc(Cc2ccc(O)c(CC)c2C)c1O. The van der Waals surface area contributed by atoms with E-state index in [1.165, 1.54) is 5.56 Å². The highest BCUT2D eigenvalue weighted by atomic mass is 16.3. The van der Waals surface area contributed by atoms with Crippen LogP contribution in [0.3, 0.4) is 0 Å². The van der Waals surface area contributed by atoms with E-state index < -0.39 is 0 Å². The first kappa shape index (κ1) is 15.4. The van der Waals surface area contributed by atoms with Crippen LogP contribution in [0.25, 0.3) is 0 Å². The maximum absolute atomic E-state index is 10.4. The third-order valence-electron chi connectivity index (χ3n) is 4.21. The van der Waals surface area contributed by atoms with Gasteiger partial charge in [-0.25, -0.2) is 0 Å². The molecule has 0 radical (unpaired) electrons. The molecular formula is C19H24O2. The Morgan fingerprint density at radius 3 is 2.14 bits per heavy atom. The zero-order chi connectivity index (χ0) is 15.6. The maximum Gasteiger partial charge on any atom is 0.122 e. The van der Waals surface area contributed by atoms with Crippen LogP contribution in [0, 0.1) is 13.8 Å². The van der Waals surface area contributed by atoms with E-state index in [-0.39, 0.29) is 0 Å². The molecule has 2 aromatic carbocycles. The van der Waals surface area contributed by atoms with Crippen molar-refractivity contribution in [3.63, 3.8) is 0 Å². The van der Waals surface area contributed by atoms with E-state index in [1.807, 2.05) is 32.0 Å². The molecule has 0 heterocycles. The van der Waals surface area contributed by atoms with Crippen molar-refractivity contribution >= 4 is 0 Å². The third-order valence-corrected chi connectivity index (χ3v) is 4.21. The van der Waals surface area contributed by atoms with Crippen LogP contribution in [0.2, 0.25) is 0 Å². The van der Waals surface area contributed by atoms with E-state index in [1.54, 1.807) is 6.07 Å². The minimum Gasteiger partial charge on any atom is -0.508 e. The Hall–Kier alpha value is -1.96. The molecule has 0 aromatic heterocycles. The van der Waals surface area contributed by atoms with Crippen molar-refractivity contribution in [1.29, 1.82) is 0 Å². The van der Waals surface area contributed by atoms with Gasteiger partial charge in [0, 0.05) is 6.42 Å². The van der Waals surface area contributed by atoms with Gasteiger partial charge in [0.05, 0.1) is 0 Å². The summed E-state index contributed by atoms with van der Waals surface area (Å²) in [5.41, 5.74) is 6.41. The molecule has 2 heteroatoms. The highest BCUT2D eigenvalue weighted by Crippen LogP contribution is 2.31. The van der Waals surface area contributed by atoms with E-state index in [4.69, 9.17) is 0 Å². The molecule has 0 atom stereocenters. The fourth-order valence-corrected chi connectivity index (χ4v) is 2.97. The molecule has 21 heavy (non-hydrogen) atoms. The fourth-order valence-electron chi connectivity index (χ4n) is 2.97. The molecule has 0 amide bonds. The van der Waals surface area contributed by atoms with Gasteiger partial charge in [0.25, 0.3) is 0 Å². The molecule has 0 aliphatic carbocycles. The van der Waals surface area contributed by atoms with Crippen molar-refractivity contribution < 1.29 is 10.2 Å². The second-order valence-electron chi connectivity index (χ2n) is 5.66. The maximum atomic E-state index is 10.4. The molecule has 0 fully saturated rings. The van der Waals surface area contributed by atoms with Crippen molar-refractivity contribution in [2.45, 2.75) is 47.0 Å². The number of hydrogen-bond donors (Lipinski definition) is 2. The third kappa shape index (κ3) is 3.05. The number of phenolic OH excluding ortho intramolecular Hbond substituents is 2. The lowest BCUT2D eigenvalue weighted by molar-refractivity contribution is 0.462. The van der Waals surface area contributed by atoms with Gasteiger partial charge in [-0.1, -0.05) is 37.6 Å². The largest absolute Gasteiger partial charge is 0.508 e. The number of rotatable bonds is 4. The monoisotopic (exact) mass is 284 g/mol. The van der Waals surface area contributed by atoms with Gasteiger partial charge in [0.15, 0.2) is 0 Å². The van der Waals surface area contributed by atoms with E-state index in [2.05, 4.69) is 13.8 Å². The number of aryl methyl sites for hydroxylation is 2. The molecule has 0 aliphatic rings. The van der Waals surface area contributed by atoms with Gasteiger partial charge in [-0.3, -0.25) is 0 Å². The summed E-state index contributed by atoms with van der Waals surface area (Å²) in [5, 5.41) is 20.3. The molecular weight excluding hydrogens is 260 g/mol. The first-order valence-corrected chi connectivity index (χ1v) is 7.59. The lowest BCUT2D eigenvalue weighted by Crippen LogP contribution is -1.99. The minimum absolute atomic E-state index is 0.362. The van der Waals surface area contributed by atoms with Crippen molar-refractivity contribution in [3.05, 3.63) is 57.6 Å². The molecule has 112 valence electrons. The normalized spacial score (nSPS) is 10.9. The van der Waals surface area contributed by atoms with Gasteiger partial charge in [0.2, 0.25) is 0 Å². The highest BCUT2D eigenvalue weighted by Gasteiger charge is 2.12. The fraction of sp³-hybridized carbons (Fsp3) is 0.368. The molecule has 0 bridgehead atoms. The molecule has 2 nitrogen and oxygen atoms in total. The predicted octanol–water partition coefficient (Wildman–Crippen LogP) is 4.43. The number of benzene rings is 2. The Balaban J connectivity index is 2.46. The molecule has 2 rings (SSSR count). The summed E-state index contributed by atoms with van der Waals surface area (Å²) in [6, 6.07) is 7.80. The van der Waals surface area contributed by atoms with Gasteiger partial charge in [-0.05, 0) is 60.6 Å². The van der Waals surface area contributed by atoms with E-state index in [0.717, 1.165) is 40.7 Å². The Kier molecular flexibility index (Phi) is 4.56. The summed E-state index contributed by atoms with van der Waals surface area (Å²) in [5.74, 6) is 0.773. The quantitative estimate of drug-likeness (QED) is 0.872. The second-order valence-corrected chi connectivity index (χ2v) is 5.66. The number of phenols is 2. The van der Waals surface area contributed by atoms with E-state index >= 15 is 0 Å². The highest BCUT2D eigenvalue weighted by molar-refractivity contribution is 5.49. The van der Waals surface area contributed by atoms with Gasteiger partial charge in [-0.15, -0.1) is 0 Å². The summed E-state index contributed by atoms with van der Waals surface area (Å²) in [7, 11) is 0. The van der Waals surface area contributed by atoms with Crippen molar-refractivity contribution in [1.82, 2.24) is 0 Å². The molecule has 2 aromatic rings. The van der Waals surface area contributed by atoms with Crippen LogP contribution < -0.4 is 0 Å². The Morgan fingerprint density at radius 2 is 1.52 bits per heavy atom. The number of hydrogen-bond acceptors (Lipinski definition) is 2. The van der Waals surface area contributed by atoms with Gasteiger partial charge in [-0.2, -0.15) is 0 Å². The molecule has 0 unspecified atom stereocenters. The number of aromatic hydroxyl groups is 2. The van der Waals surface area contributed by atoms with Crippen molar-refractivity contribution in [3.8, 4) is 11.5 Å². The van der Waals surface area contributed by atoms with Crippen LogP contribution in [0.5, 0.6) is 11.5 Å². The Labute approximate surface area is 127 Å². The van der Waals surface area contributed by atoms with Crippen LogP contribution >= 0.6 is 0 Å². The van der Waals surface area contributed by atoms with Crippen LogP contribution in [0.4, 0.5) is 0 Å². The standard InChI is InChI=1S/C19H24O2/c1-5-14-9-12(3)10-16(19(14)21)11-15-7-8-18(20)17(6-2)13(15)4/h7-10,20-21H,5-6,11H2,1-4H3. The minimum atomic E-state index is 0.362. The molecule has 0 aliphatic heterocycles. The van der Waals surface area contributed by atoms with Crippen molar-refractivity contribution in [2.24, 2.45) is 0 Å². The van der Waals surface area contributed by atoms with Gasteiger partial charge < -0.3 is 10.2 Å². The summed E-state index contributed by atoms with van der Waals surface area (Å²) >= 11 is 0. The lowest BCUT2D eigenvalue weighted by atomic mass is 9.92. The zero-order valence-corrected chi connectivity index (χ0v) is 13.3. The first-order valence-electron chi connectivity index (χ1n) is 7.59. The Morgan fingerprint density at radius 1 is 0.857 bits per heavy atom. The smallest absolute Gasteiger partial charge is 0.122 e. The average Bonchev–Trinajstić information content (AvgIpc) is 2.45. The van der Waals surface area contributed by atoms with Crippen LogP contribution in [0.15, 0.2) is 24.3 Å². The Bertz CT molecular complexity index is 657.